The van der Waals surface area contributed by atoms with E-state index >= 15 is 0 Å². The molecule has 0 saturated carbocycles. The SMILES string of the molecule is CC(C)n1cnc2c(Nc3cn[nH]c3)nc(N3CCOCC3)nc21. The molecule has 3 aromatic rings. The minimum Gasteiger partial charge on any atom is -0.378 e. The van der Waals surface area contributed by atoms with Crippen molar-refractivity contribution in [3.63, 3.8) is 0 Å². The molecule has 0 atom stereocenters. The number of aromatic nitrogens is 6. The van der Waals surface area contributed by atoms with Crippen molar-refractivity contribution in [1.82, 2.24) is 29.7 Å². The molecule has 0 aromatic carbocycles. The van der Waals surface area contributed by atoms with Crippen LogP contribution >= 0.6 is 0 Å². The molecule has 126 valence electrons. The summed E-state index contributed by atoms with van der Waals surface area (Å²) in [5, 5.41) is 10.0. The molecule has 24 heavy (non-hydrogen) atoms. The van der Waals surface area contributed by atoms with Gasteiger partial charge in [-0.15, -0.1) is 0 Å². The average Bonchev–Trinajstić information content (AvgIpc) is 3.25. The molecule has 4 heterocycles. The predicted molar refractivity (Wildman–Crippen MR) is 90.6 cm³/mol. The Bertz CT molecular complexity index is 819. The van der Waals surface area contributed by atoms with Gasteiger partial charge < -0.3 is 19.5 Å². The molecular weight excluding hydrogens is 308 g/mol. The average molecular weight is 328 g/mol. The first-order valence-electron chi connectivity index (χ1n) is 8.05. The molecule has 0 radical (unpaired) electrons. The van der Waals surface area contributed by atoms with Gasteiger partial charge in [0.1, 0.15) is 0 Å². The third-order valence-electron chi connectivity index (χ3n) is 4.02. The Morgan fingerprint density at radius 2 is 2.08 bits per heavy atom. The lowest BCUT2D eigenvalue weighted by molar-refractivity contribution is 0.122. The lowest BCUT2D eigenvalue weighted by Crippen LogP contribution is -2.37. The van der Waals surface area contributed by atoms with Gasteiger partial charge in [0, 0.05) is 25.3 Å². The number of morpholine rings is 1. The molecule has 1 fully saturated rings. The van der Waals surface area contributed by atoms with Crippen LogP contribution in [0.3, 0.4) is 0 Å². The molecule has 0 amide bonds. The molecular formula is C15H20N8O. The maximum Gasteiger partial charge on any atom is 0.229 e. The first kappa shape index (κ1) is 14.9. The van der Waals surface area contributed by atoms with Gasteiger partial charge in [0.05, 0.1) is 31.4 Å². The fraction of sp³-hybridized carbons (Fsp3) is 0.467. The van der Waals surface area contributed by atoms with E-state index < -0.39 is 0 Å². The topological polar surface area (TPSA) is 96.8 Å². The van der Waals surface area contributed by atoms with Gasteiger partial charge in [-0.2, -0.15) is 15.1 Å². The number of H-pyrrole nitrogens is 1. The Balaban J connectivity index is 1.82. The molecule has 0 bridgehead atoms. The molecule has 9 heteroatoms. The van der Waals surface area contributed by atoms with Gasteiger partial charge in [-0.3, -0.25) is 5.10 Å². The highest BCUT2D eigenvalue weighted by Crippen LogP contribution is 2.27. The normalized spacial score (nSPS) is 15.4. The summed E-state index contributed by atoms with van der Waals surface area (Å²) in [4.78, 5) is 16.1. The maximum atomic E-state index is 5.43. The van der Waals surface area contributed by atoms with Crippen LogP contribution in [0.2, 0.25) is 0 Å². The van der Waals surface area contributed by atoms with Gasteiger partial charge >= 0.3 is 0 Å². The van der Waals surface area contributed by atoms with E-state index in [-0.39, 0.29) is 6.04 Å². The zero-order chi connectivity index (χ0) is 16.5. The maximum absolute atomic E-state index is 5.43. The summed E-state index contributed by atoms with van der Waals surface area (Å²) in [5.74, 6) is 1.38. The number of aromatic amines is 1. The number of ether oxygens (including phenoxy) is 1. The lowest BCUT2D eigenvalue weighted by atomic mass is 10.3. The summed E-state index contributed by atoms with van der Waals surface area (Å²) in [6.45, 7) is 7.17. The van der Waals surface area contributed by atoms with Crippen molar-refractivity contribution >= 4 is 28.6 Å². The summed E-state index contributed by atoms with van der Waals surface area (Å²) in [7, 11) is 0. The second-order valence-electron chi connectivity index (χ2n) is 6.00. The number of anilines is 3. The van der Waals surface area contributed by atoms with Gasteiger partial charge in [-0.1, -0.05) is 0 Å². The highest BCUT2D eigenvalue weighted by Gasteiger charge is 2.20. The lowest BCUT2D eigenvalue weighted by Gasteiger charge is -2.27. The molecule has 2 N–H and O–H groups in total. The summed E-state index contributed by atoms with van der Waals surface area (Å²) in [5.41, 5.74) is 2.41. The summed E-state index contributed by atoms with van der Waals surface area (Å²) >= 11 is 0. The van der Waals surface area contributed by atoms with E-state index in [1.807, 2.05) is 6.33 Å². The summed E-state index contributed by atoms with van der Waals surface area (Å²) < 4.78 is 7.49. The minimum atomic E-state index is 0.268. The standard InChI is InChI=1S/C15H20N8O/c1-10(2)23-9-16-12-13(19-11-7-17-18-8-11)20-15(21-14(12)23)22-3-5-24-6-4-22/h7-10H,3-6H2,1-2H3,(H,17,18)(H,19,20,21). The van der Waals surface area contributed by atoms with E-state index in [1.165, 1.54) is 0 Å². The number of rotatable bonds is 4. The summed E-state index contributed by atoms with van der Waals surface area (Å²) in [6, 6.07) is 0.268. The molecule has 1 saturated heterocycles. The number of nitrogens with zero attached hydrogens (tertiary/aromatic N) is 6. The van der Waals surface area contributed by atoms with Crippen LogP contribution in [0, 0.1) is 0 Å². The molecule has 0 spiro atoms. The molecule has 9 nitrogen and oxygen atoms in total. The van der Waals surface area contributed by atoms with E-state index in [0.29, 0.717) is 25.0 Å². The van der Waals surface area contributed by atoms with Crippen molar-refractivity contribution in [3.05, 3.63) is 18.7 Å². The number of imidazole rings is 1. The zero-order valence-electron chi connectivity index (χ0n) is 13.7. The fourth-order valence-corrected chi connectivity index (χ4v) is 2.73. The molecule has 1 aliphatic heterocycles. The Morgan fingerprint density at radius 3 is 2.79 bits per heavy atom. The Labute approximate surface area is 139 Å². The van der Waals surface area contributed by atoms with E-state index in [2.05, 4.69) is 43.8 Å². The van der Waals surface area contributed by atoms with Gasteiger partial charge in [0.2, 0.25) is 5.95 Å². The van der Waals surface area contributed by atoms with E-state index in [0.717, 1.165) is 29.9 Å². The second kappa shape index (κ2) is 6.08. The molecule has 1 aliphatic rings. The number of fused-ring (bicyclic) bond motifs is 1. The van der Waals surface area contributed by atoms with Crippen molar-refractivity contribution in [1.29, 1.82) is 0 Å². The van der Waals surface area contributed by atoms with Crippen molar-refractivity contribution in [3.8, 4) is 0 Å². The Hall–Kier alpha value is -2.68. The number of nitrogens with one attached hydrogen (secondary N) is 2. The fourth-order valence-electron chi connectivity index (χ4n) is 2.73. The second-order valence-corrected chi connectivity index (χ2v) is 6.00. The van der Waals surface area contributed by atoms with E-state index in [9.17, 15) is 0 Å². The van der Waals surface area contributed by atoms with Crippen molar-refractivity contribution in [2.75, 3.05) is 36.5 Å². The number of hydrogen-bond donors (Lipinski definition) is 2. The predicted octanol–water partition coefficient (Wildman–Crippen LogP) is 1.71. The molecule has 0 unspecified atom stereocenters. The Morgan fingerprint density at radius 1 is 1.25 bits per heavy atom. The van der Waals surface area contributed by atoms with Crippen molar-refractivity contribution in [2.24, 2.45) is 0 Å². The zero-order valence-corrected chi connectivity index (χ0v) is 13.7. The van der Waals surface area contributed by atoms with E-state index in [4.69, 9.17) is 14.7 Å². The third-order valence-corrected chi connectivity index (χ3v) is 4.02. The minimum absolute atomic E-state index is 0.268. The van der Waals surface area contributed by atoms with Crippen LogP contribution < -0.4 is 10.2 Å². The van der Waals surface area contributed by atoms with Crippen LogP contribution in [0.25, 0.3) is 11.2 Å². The smallest absolute Gasteiger partial charge is 0.229 e. The highest BCUT2D eigenvalue weighted by molar-refractivity contribution is 5.86. The largest absolute Gasteiger partial charge is 0.378 e. The third kappa shape index (κ3) is 2.67. The van der Waals surface area contributed by atoms with Crippen molar-refractivity contribution < 1.29 is 4.74 Å². The van der Waals surface area contributed by atoms with Crippen LogP contribution in [-0.2, 0) is 4.74 Å². The van der Waals surface area contributed by atoms with Crippen molar-refractivity contribution in [2.45, 2.75) is 19.9 Å². The first-order chi connectivity index (χ1) is 11.7. The summed E-state index contributed by atoms with van der Waals surface area (Å²) in [6.07, 6.45) is 5.30. The Kier molecular flexibility index (Phi) is 3.77. The molecule has 4 rings (SSSR count). The van der Waals surface area contributed by atoms with Crippen LogP contribution in [0.15, 0.2) is 18.7 Å². The van der Waals surface area contributed by atoms with Crippen LogP contribution in [0.5, 0.6) is 0 Å². The van der Waals surface area contributed by atoms with Crippen LogP contribution in [0.1, 0.15) is 19.9 Å². The van der Waals surface area contributed by atoms with Gasteiger partial charge in [0.15, 0.2) is 17.0 Å². The monoisotopic (exact) mass is 328 g/mol. The molecule has 3 aromatic heterocycles. The van der Waals surface area contributed by atoms with Crippen LogP contribution in [0.4, 0.5) is 17.5 Å². The quantitative estimate of drug-likeness (QED) is 0.752. The number of hydrogen-bond acceptors (Lipinski definition) is 7. The molecule has 0 aliphatic carbocycles. The highest BCUT2D eigenvalue weighted by atomic mass is 16.5. The van der Waals surface area contributed by atoms with Gasteiger partial charge in [-0.05, 0) is 13.8 Å². The van der Waals surface area contributed by atoms with Gasteiger partial charge in [0.25, 0.3) is 0 Å². The van der Waals surface area contributed by atoms with E-state index in [1.54, 1.807) is 12.4 Å². The van der Waals surface area contributed by atoms with Gasteiger partial charge in [-0.25, -0.2) is 4.98 Å². The van der Waals surface area contributed by atoms with Crippen LogP contribution in [-0.4, -0.2) is 56.0 Å². The first-order valence-corrected chi connectivity index (χ1v) is 8.05.